The van der Waals surface area contributed by atoms with Crippen molar-refractivity contribution >= 4 is 5.91 Å². The van der Waals surface area contributed by atoms with Gasteiger partial charge >= 0.3 is 0 Å². The highest BCUT2D eigenvalue weighted by atomic mass is 16.3. The number of nitrogens with two attached hydrogens (primary N) is 1. The maximum atomic E-state index is 12.2. The Morgan fingerprint density at radius 3 is 2.56 bits per heavy atom. The number of hydrogen-bond acceptors (Lipinski definition) is 3. The van der Waals surface area contributed by atoms with Crippen molar-refractivity contribution in [3.05, 3.63) is 0 Å². The van der Waals surface area contributed by atoms with E-state index in [1.54, 1.807) is 0 Å². The van der Waals surface area contributed by atoms with E-state index in [0.717, 1.165) is 51.5 Å². The van der Waals surface area contributed by atoms with Crippen molar-refractivity contribution in [1.29, 1.82) is 0 Å². The predicted molar refractivity (Wildman–Crippen MR) is 70.9 cm³/mol. The Morgan fingerprint density at radius 1 is 1.33 bits per heavy atom. The van der Waals surface area contributed by atoms with Gasteiger partial charge in [0.1, 0.15) is 0 Å². The molecule has 2 unspecified atom stereocenters. The maximum Gasteiger partial charge on any atom is 0.227 e. The first-order valence-corrected chi connectivity index (χ1v) is 7.24. The Kier molecular flexibility index (Phi) is 4.28. The van der Waals surface area contributed by atoms with Crippen LogP contribution in [0.1, 0.15) is 51.9 Å². The first-order chi connectivity index (χ1) is 8.52. The topological polar surface area (TPSA) is 75.3 Å². The molecule has 0 bridgehead atoms. The molecule has 0 aromatic carbocycles. The van der Waals surface area contributed by atoms with Crippen LogP contribution in [0, 0.1) is 11.3 Å². The quantitative estimate of drug-likeness (QED) is 0.707. The van der Waals surface area contributed by atoms with Gasteiger partial charge in [0.25, 0.3) is 0 Å². The molecular weight excluding hydrogens is 228 g/mol. The molecular formula is C14H26N2O2. The van der Waals surface area contributed by atoms with Crippen molar-refractivity contribution in [2.45, 2.75) is 64.0 Å². The Labute approximate surface area is 109 Å². The molecule has 2 rings (SSSR count). The van der Waals surface area contributed by atoms with Gasteiger partial charge in [-0.2, -0.15) is 0 Å². The highest BCUT2D eigenvalue weighted by Gasteiger charge is 2.42. The van der Waals surface area contributed by atoms with Crippen LogP contribution in [-0.4, -0.2) is 29.7 Å². The second kappa shape index (κ2) is 5.57. The summed E-state index contributed by atoms with van der Waals surface area (Å²) in [5.41, 5.74) is 5.68. The van der Waals surface area contributed by atoms with Crippen LogP contribution >= 0.6 is 0 Å². The van der Waals surface area contributed by atoms with Crippen LogP contribution in [0.5, 0.6) is 0 Å². The van der Waals surface area contributed by atoms with E-state index in [-0.39, 0.29) is 23.5 Å². The molecule has 2 atom stereocenters. The van der Waals surface area contributed by atoms with Gasteiger partial charge in [-0.25, -0.2) is 0 Å². The minimum absolute atomic E-state index is 0.00526. The molecule has 0 radical (unpaired) electrons. The Morgan fingerprint density at radius 2 is 2.00 bits per heavy atom. The molecule has 4 heteroatoms. The molecule has 0 aromatic heterocycles. The number of nitrogens with one attached hydrogen (secondary N) is 1. The summed E-state index contributed by atoms with van der Waals surface area (Å²) in [6, 6.07) is 0.00526. The van der Waals surface area contributed by atoms with Crippen LogP contribution in [-0.2, 0) is 4.79 Å². The lowest BCUT2D eigenvalue weighted by Crippen LogP contribution is -2.48. The fourth-order valence-electron chi connectivity index (χ4n) is 3.26. The minimum atomic E-state index is -0.367. The predicted octanol–water partition coefficient (Wildman–Crippen LogP) is 1.17. The molecule has 2 fully saturated rings. The number of rotatable bonds is 3. The maximum absolute atomic E-state index is 12.2. The Hall–Kier alpha value is -0.610. The van der Waals surface area contributed by atoms with E-state index < -0.39 is 0 Å². The van der Waals surface area contributed by atoms with Crippen LogP contribution in [0.25, 0.3) is 0 Å². The van der Waals surface area contributed by atoms with E-state index >= 15 is 0 Å². The second-order valence-electron chi connectivity index (χ2n) is 6.30. The zero-order chi connectivity index (χ0) is 13.2. The van der Waals surface area contributed by atoms with Gasteiger partial charge < -0.3 is 16.2 Å². The van der Waals surface area contributed by atoms with E-state index in [4.69, 9.17) is 5.73 Å². The van der Waals surface area contributed by atoms with E-state index in [0.29, 0.717) is 5.92 Å². The zero-order valence-corrected chi connectivity index (χ0v) is 11.3. The molecule has 2 aliphatic rings. The number of hydrogen-bond donors (Lipinski definition) is 3. The fourth-order valence-corrected chi connectivity index (χ4v) is 3.26. The largest absolute Gasteiger partial charge is 0.393 e. The monoisotopic (exact) mass is 254 g/mol. The Balaban J connectivity index is 1.78. The summed E-state index contributed by atoms with van der Waals surface area (Å²) in [5, 5.41) is 12.5. The van der Waals surface area contributed by atoms with Gasteiger partial charge in [-0.3, -0.25) is 4.79 Å². The molecule has 104 valence electrons. The third kappa shape index (κ3) is 2.86. The summed E-state index contributed by atoms with van der Waals surface area (Å²) in [7, 11) is 0. The molecule has 18 heavy (non-hydrogen) atoms. The third-order valence-electron chi connectivity index (χ3n) is 4.92. The zero-order valence-electron chi connectivity index (χ0n) is 11.3. The fraction of sp³-hybridized carbons (Fsp3) is 0.929. The van der Waals surface area contributed by atoms with Crippen LogP contribution in [0.15, 0.2) is 0 Å². The SMILES string of the molecule is CC1(C(=O)NCC2CCC(O)CC2)CCCC1N. The lowest BCUT2D eigenvalue weighted by molar-refractivity contribution is -0.130. The smallest absolute Gasteiger partial charge is 0.227 e. The van der Waals surface area contributed by atoms with Gasteiger partial charge in [0.05, 0.1) is 11.5 Å². The van der Waals surface area contributed by atoms with Gasteiger partial charge in [0, 0.05) is 12.6 Å². The van der Waals surface area contributed by atoms with E-state index in [1.807, 2.05) is 6.92 Å². The average molecular weight is 254 g/mol. The summed E-state index contributed by atoms with van der Waals surface area (Å²) in [6.45, 7) is 2.73. The van der Waals surface area contributed by atoms with Gasteiger partial charge in [-0.05, 0) is 51.4 Å². The number of carbonyl (C=O) groups excluding carboxylic acids is 1. The normalized spacial score (nSPS) is 40.7. The molecule has 0 aromatic rings. The summed E-state index contributed by atoms with van der Waals surface area (Å²) < 4.78 is 0. The number of amides is 1. The molecule has 0 spiro atoms. The first-order valence-electron chi connectivity index (χ1n) is 7.24. The number of aliphatic hydroxyl groups excluding tert-OH is 1. The van der Waals surface area contributed by atoms with E-state index in [2.05, 4.69) is 5.32 Å². The molecule has 4 N–H and O–H groups in total. The van der Waals surface area contributed by atoms with Crippen LogP contribution in [0.4, 0.5) is 0 Å². The molecule has 2 aliphatic carbocycles. The molecule has 4 nitrogen and oxygen atoms in total. The summed E-state index contributed by atoms with van der Waals surface area (Å²) in [6.07, 6.45) is 6.57. The Bertz CT molecular complexity index is 300. The minimum Gasteiger partial charge on any atom is -0.393 e. The highest BCUT2D eigenvalue weighted by molar-refractivity contribution is 5.83. The van der Waals surface area contributed by atoms with Crippen LogP contribution in [0.3, 0.4) is 0 Å². The van der Waals surface area contributed by atoms with Gasteiger partial charge in [-0.1, -0.05) is 6.42 Å². The second-order valence-corrected chi connectivity index (χ2v) is 6.30. The summed E-state index contributed by atoms with van der Waals surface area (Å²) in [5.74, 6) is 0.650. The van der Waals surface area contributed by atoms with Crippen molar-refractivity contribution in [2.24, 2.45) is 17.1 Å². The van der Waals surface area contributed by atoms with Crippen molar-refractivity contribution in [3.8, 4) is 0 Å². The van der Waals surface area contributed by atoms with Crippen molar-refractivity contribution in [2.75, 3.05) is 6.54 Å². The molecule has 0 aliphatic heterocycles. The van der Waals surface area contributed by atoms with Gasteiger partial charge in [0.15, 0.2) is 0 Å². The molecule has 0 saturated heterocycles. The van der Waals surface area contributed by atoms with Gasteiger partial charge in [-0.15, -0.1) is 0 Å². The molecule has 2 saturated carbocycles. The van der Waals surface area contributed by atoms with E-state index in [1.165, 1.54) is 0 Å². The van der Waals surface area contributed by atoms with E-state index in [9.17, 15) is 9.90 Å². The molecule has 0 heterocycles. The number of carbonyl (C=O) groups is 1. The van der Waals surface area contributed by atoms with Gasteiger partial charge in [0.2, 0.25) is 5.91 Å². The van der Waals surface area contributed by atoms with Crippen molar-refractivity contribution in [3.63, 3.8) is 0 Å². The summed E-state index contributed by atoms with van der Waals surface area (Å²) in [4.78, 5) is 12.2. The van der Waals surface area contributed by atoms with Crippen LogP contribution < -0.4 is 11.1 Å². The third-order valence-corrected chi connectivity index (χ3v) is 4.92. The lowest BCUT2D eigenvalue weighted by Gasteiger charge is -2.30. The first kappa shape index (κ1) is 13.8. The van der Waals surface area contributed by atoms with Crippen LogP contribution in [0.2, 0.25) is 0 Å². The average Bonchev–Trinajstić information content (AvgIpc) is 2.70. The number of aliphatic hydroxyl groups is 1. The highest BCUT2D eigenvalue weighted by Crippen LogP contribution is 2.37. The summed E-state index contributed by atoms with van der Waals surface area (Å²) >= 11 is 0. The molecule has 1 amide bonds. The lowest BCUT2D eigenvalue weighted by atomic mass is 9.83. The van der Waals surface area contributed by atoms with Crippen molar-refractivity contribution < 1.29 is 9.90 Å². The van der Waals surface area contributed by atoms with Crippen molar-refractivity contribution in [1.82, 2.24) is 5.32 Å². The standard InChI is InChI=1S/C14H26N2O2/c1-14(8-2-3-12(14)15)13(18)16-9-10-4-6-11(17)7-5-10/h10-12,17H,2-9,15H2,1H3,(H,16,18).